The quantitative estimate of drug-likeness (QED) is 0.929. The van der Waals surface area contributed by atoms with Gasteiger partial charge in [-0.15, -0.1) is 0 Å². The molecular weight excluding hydrogens is 286 g/mol. The van der Waals surface area contributed by atoms with Crippen LogP contribution in [0.1, 0.15) is 43.6 Å². The summed E-state index contributed by atoms with van der Waals surface area (Å²) < 4.78 is 30.1. The van der Waals surface area contributed by atoms with Crippen LogP contribution in [0.4, 0.5) is 0 Å². The maximum absolute atomic E-state index is 12.2. The number of rotatable bonds is 3. The number of nitrogens with two attached hydrogens (primary N) is 1. The highest BCUT2D eigenvalue weighted by atomic mass is 32.2. The number of benzene rings is 1. The number of sulfone groups is 1. The highest BCUT2D eigenvalue weighted by Gasteiger charge is 2.35. The monoisotopic (exact) mass is 309 g/mol. The lowest BCUT2D eigenvalue weighted by atomic mass is 9.86. The van der Waals surface area contributed by atoms with E-state index in [1.807, 2.05) is 18.2 Å². The summed E-state index contributed by atoms with van der Waals surface area (Å²) in [6.07, 6.45) is 4.11. The molecular formula is C16H23NO3S. The van der Waals surface area contributed by atoms with Crippen molar-refractivity contribution in [3.63, 3.8) is 0 Å². The Labute approximate surface area is 126 Å². The Hall–Kier alpha value is -1.07. The predicted molar refractivity (Wildman–Crippen MR) is 83.3 cm³/mol. The summed E-state index contributed by atoms with van der Waals surface area (Å²) in [6, 6.07) is 7.74. The van der Waals surface area contributed by atoms with Gasteiger partial charge in [0.25, 0.3) is 0 Å². The molecule has 2 heterocycles. The number of ether oxygens (including phenoxy) is 1. The van der Waals surface area contributed by atoms with E-state index >= 15 is 0 Å². The normalized spacial score (nSPS) is 29.2. The lowest BCUT2D eigenvalue weighted by molar-refractivity contribution is 0.257. The third kappa shape index (κ3) is 3.09. The fourth-order valence-electron chi connectivity index (χ4n) is 3.60. The Kier molecular flexibility index (Phi) is 4.22. The van der Waals surface area contributed by atoms with E-state index in [1.165, 1.54) is 5.56 Å². The standard InChI is InChI=1S/C16H23NO3S/c17-14(16-7-3-4-10-21(16,18)19)11-12-8-9-20-15-6-2-1-5-13(12)15/h1-2,5-6,12,14,16H,3-4,7-11,17H2. The molecule has 1 aromatic rings. The van der Waals surface area contributed by atoms with Crippen LogP contribution in [0.2, 0.25) is 0 Å². The van der Waals surface area contributed by atoms with Gasteiger partial charge in [0.2, 0.25) is 0 Å². The van der Waals surface area contributed by atoms with Crippen LogP contribution in [0.25, 0.3) is 0 Å². The Balaban J connectivity index is 1.75. The molecule has 1 fully saturated rings. The van der Waals surface area contributed by atoms with Crippen molar-refractivity contribution >= 4 is 9.84 Å². The van der Waals surface area contributed by atoms with Crippen LogP contribution in [-0.4, -0.2) is 32.1 Å². The van der Waals surface area contributed by atoms with Gasteiger partial charge in [-0.25, -0.2) is 8.42 Å². The summed E-state index contributed by atoms with van der Waals surface area (Å²) in [5.41, 5.74) is 7.47. The van der Waals surface area contributed by atoms with E-state index in [0.29, 0.717) is 24.7 Å². The van der Waals surface area contributed by atoms with Gasteiger partial charge in [0, 0.05) is 6.04 Å². The van der Waals surface area contributed by atoms with E-state index in [-0.39, 0.29) is 11.3 Å². The van der Waals surface area contributed by atoms with Crippen LogP contribution in [-0.2, 0) is 9.84 Å². The SMILES string of the molecule is NC(CC1CCOc2ccccc21)C1CCCCS1(=O)=O. The molecule has 1 saturated heterocycles. The van der Waals surface area contributed by atoms with Gasteiger partial charge in [-0.1, -0.05) is 24.6 Å². The fourth-order valence-corrected chi connectivity index (χ4v) is 5.68. The fraction of sp³-hybridized carbons (Fsp3) is 0.625. The molecule has 2 aliphatic heterocycles. The summed E-state index contributed by atoms with van der Waals surface area (Å²) in [7, 11) is -3.01. The molecule has 4 nitrogen and oxygen atoms in total. The molecule has 0 saturated carbocycles. The van der Waals surface area contributed by atoms with Gasteiger partial charge >= 0.3 is 0 Å². The van der Waals surface area contributed by atoms with Crippen molar-refractivity contribution < 1.29 is 13.2 Å². The van der Waals surface area contributed by atoms with Crippen LogP contribution in [0.5, 0.6) is 5.75 Å². The third-order valence-corrected chi connectivity index (χ3v) is 7.11. The van der Waals surface area contributed by atoms with E-state index in [0.717, 1.165) is 31.4 Å². The summed E-state index contributed by atoms with van der Waals surface area (Å²) in [5, 5.41) is -0.360. The van der Waals surface area contributed by atoms with Gasteiger partial charge in [-0.2, -0.15) is 0 Å². The first-order chi connectivity index (χ1) is 10.1. The highest BCUT2D eigenvalue weighted by molar-refractivity contribution is 7.92. The summed E-state index contributed by atoms with van der Waals surface area (Å²) in [5.74, 6) is 1.53. The van der Waals surface area contributed by atoms with Gasteiger partial charge in [-0.05, 0) is 43.2 Å². The topological polar surface area (TPSA) is 69.4 Å². The molecule has 116 valence electrons. The number of para-hydroxylation sites is 1. The van der Waals surface area contributed by atoms with Crippen molar-refractivity contribution in [1.82, 2.24) is 0 Å². The average molecular weight is 309 g/mol. The van der Waals surface area contributed by atoms with Crippen molar-refractivity contribution in [2.24, 2.45) is 5.73 Å². The molecule has 0 spiro atoms. The minimum Gasteiger partial charge on any atom is -0.493 e. The lowest BCUT2D eigenvalue weighted by Crippen LogP contribution is -2.44. The van der Waals surface area contributed by atoms with Gasteiger partial charge in [-0.3, -0.25) is 0 Å². The molecule has 3 atom stereocenters. The van der Waals surface area contributed by atoms with Gasteiger partial charge in [0.05, 0.1) is 17.6 Å². The van der Waals surface area contributed by atoms with Crippen molar-refractivity contribution in [2.75, 3.05) is 12.4 Å². The predicted octanol–water partition coefficient (Wildman–Crippen LogP) is 2.24. The minimum absolute atomic E-state index is 0.272. The van der Waals surface area contributed by atoms with Crippen LogP contribution in [0.3, 0.4) is 0 Å². The third-order valence-electron chi connectivity index (χ3n) is 4.75. The lowest BCUT2D eigenvalue weighted by Gasteiger charge is -2.32. The zero-order chi connectivity index (χ0) is 14.9. The van der Waals surface area contributed by atoms with E-state index in [2.05, 4.69) is 6.07 Å². The summed E-state index contributed by atoms with van der Waals surface area (Å²) in [4.78, 5) is 0. The second-order valence-electron chi connectivity index (χ2n) is 6.17. The van der Waals surface area contributed by atoms with Gasteiger partial charge in [0.15, 0.2) is 9.84 Å². The molecule has 21 heavy (non-hydrogen) atoms. The molecule has 5 heteroatoms. The Bertz CT molecular complexity index is 599. The van der Waals surface area contributed by atoms with Crippen LogP contribution < -0.4 is 10.5 Å². The van der Waals surface area contributed by atoms with E-state index in [4.69, 9.17) is 10.5 Å². The van der Waals surface area contributed by atoms with Gasteiger partial charge < -0.3 is 10.5 Å². The van der Waals surface area contributed by atoms with Crippen molar-refractivity contribution in [2.45, 2.75) is 49.3 Å². The molecule has 0 bridgehead atoms. The summed E-state index contributed by atoms with van der Waals surface area (Å²) >= 11 is 0. The average Bonchev–Trinajstić information content (AvgIpc) is 2.47. The van der Waals surface area contributed by atoms with Crippen LogP contribution in [0, 0.1) is 0 Å². The Morgan fingerprint density at radius 1 is 1.24 bits per heavy atom. The first-order valence-corrected chi connectivity index (χ1v) is 9.48. The minimum atomic E-state index is -3.01. The number of hydrogen-bond donors (Lipinski definition) is 1. The maximum atomic E-state index is 12.2. The smallest absolute Gasteiger partial charge is 0.154 e. The maximum Gasteiger partial charge on any atom is 0.154 e. The molecule has 2 N–H and O–H groups in total. The van der Waals surface area contributed by atoms with E-state index in [1.54, 1.807) is 0 Å². The second-order valence-corrected chi connectivity index (χ2v) is 8.51. The second kappa shape index (κ2) is 5.97. The van der Waals surface area contributed by atoms with Crippen molar-refractivity contribution in [3.05, 3.63) is 29.8 Å². The van der Waals surface area contributed by atoms with E-state index in [9.17, 15) is 8.42 Å². The number of hydrogen-bond acceptors (Lipinski definition) is 4. The summed E-state index contributed by atoms with van der Waals surface area (Å²) in [6.45, 7) is 0.686. The molecule has 0 aromatic heterocycles. The highest BCUT2D eigenvalue weighted by Crippen LogP contribution is 2.37. The molecule has 1 aromatic carbocycles. The zero-order valence-corrected chi connectivity index (χ0v) is 13.0. The molecule has 0 amide bonds. The largest absolute Gasteiger partial charge is 0.493 e. The van der Waals surface area contributed by atoms with E-state index < -0.39 is 9.84 Å². The molecule has 3 rings (SSSR count). The Morgan fingerprint density at radius 3 is 2.86 bits per heavy atom. The molecule has 2 aliphatic rings. The first kappa shape index (κ1) is 14.9. The first-order valence-electron chi connectivity index (χ1n) is 7.77. The zero-order valence-electron chi connectivity index (χ0n) is 12.2. The molecule has 0 aliphatic carbocycles. The molecule has 0 radical (unpaired) electrons. The van der Waals surface area contributed by atoms with Gasteiger partial charge in [0.1, 0.15) is 5.75 Å². The number of fused-ring (bicyclic) bond motifs is 1. The molecule has 3 unspecified atom stereocenters. The van der Waals surface area contributed by atoms with Crippen LogP contribution in [0.15, 0.2) is 24.3 Å². The van der Waals surface area contributed by atoms with Crippen LogP contribution >= 0.6 is 0 Å². The van der Waals surface area contributed by atoms with Crippen molar-refractivity contribution in [3.8, 4) is 5.75 Å². The Morgan fingerprint density at radius 2 is 2.05 bits per heavy atom. The van der Waals surface area contributed by atoms with Crippen molar-refractivity contribution in [1.29, 1.82) is 0 Å².